The second-order valence-corrected chi connectivity index (χ2v) is 6.68. The quantitative estimate of drug-likeness (QED) is 0.763. The lowest BCUT2D eigenvalue weighted by Gasteiger charge is -2.23. The molecule has 134 valence electrons. The number of pyridine rings is 1. The maximum atomic E-state index is 12.9. The van der Waals surface area contributed by atoms with Crippen molar-refractivity contribution in [3.8, 4) is 11.5 Å². The predicted octanol–water partition coefficient (Wildman–Crippen LogP) is 3.71. The number of hydrogen-bond donors (Lipinski definition) is 1. The van der Waals surface area contributed by atoms with Gasteiger partial charge in [0.05, 0.1) is 17.3 Å². The van der Waals surface area contributed by atoms with Crippen molar-refractivity contribution >= 4 is 16.8 Å². The van der Waals surface area contributed by atoms with E-state index in [0.717, 1.165) is 30.4 Å². The van der Waals surface area contributed by atoms with Crippen molar-refractivity contribution in [3.05, 3.63) is 54.3 Å². The van der Waals surface area contributed by atoms with Gasteiger partial charge < -0.3 is 9.73 Å². The van der Waals surface area contributed by atoms with Crippen LogP contribution < -0.4 is 5.32 Å². The van der Waals surface area contributed by atoms with Gasteiger partial charge in [0.25, 0.3) is 5.91 Å². The van der Waals surface area contributed by atoms with Gasteiger partial charge in [0.2, 0.25) is 0 Å². The van der Waals surface area contributed by atoms with Crippen molar-refractivity contribution in [2.75, 3.05) is 19.6 Å². The van der Waals surface area contributed by atoms with Crippen LogP contribution in [0.15, 0.2) is 53.1 Å². The normalized spacial score (nSPS) is 17.7. The van der Waals surface area contributed by atoms with E-state index in [1.165, 1.54) is 6.42 Å². The number of benzene rings is 1. The SMILES string of the molecule is CCN1CCC[C@@H]1CNC(=O)c1cc(-c2ccco2)nc2ccccc12. The summed E-state index contributed by atoms with van der Waals surface area (Å²) in [5.74, 6) is 0.608. The number of furan rings is 1. The fraction of sp³-hybridized carbons (Fsp3) is 0.333. The van der Waals surface area contributed by atoms with E-state index >= 15 is 0 Å². The maximum absolute atomic E-state index is 12.9. The molecule has 0 aliphatic carbocycles. The van der Waals surface area contributed by atoms with E-state index in [9.17, 15) is 4.79 Å². The molecule has 0 unspecified atom stereocenters. The average Bonchev–Trinajstić information content (AvgIpc) is 3.36. The van der Waals surface area contributed by atoms with Gasteiger partial charge in [-0.25, -0.2) is 4.98 Å². The minimum Gasteiger partial charge on any atom is -0.463 e. The molecule has 26 heavy (non-hydrogen) atoms. The zero-order valence-electron chi connectivity index (χ0n) is 14.9. The minimum atomic E-state index is -0.0561. The van der Waals surface area contributed by atoms with E-state index < -0.39 is 0 Å². The molecule has 1 N–H and O–H groups in total. The van der Waals surface area contributed by atoms with Crippen molar-refractivity contribution in [1.82, 2.24) is 15.2 Å². The highest BCUT2D eigenvalue weighted by atomic mass is 16.3. The molecule has 1 aliphatic rings. The number of amides is 1. The Morgan fingerprint density at radius 1 is 1.31 bits per heavy atom. The van der Waals surface area contributed by atoms with Gasteiger partial charge in [0, 0.05) is 18.0 Å². The number of aromatic nitrogens is 1. The number of nitrogens with one attached hydrogen (secondary N) is 1. The molecule has 1 saturated heterocycles. The van der Waals surface area contributed by atoms with E-state index in [2.05, 4.69) is 22.1 Å². The largest absolute Gasteiger partial charge is 0.463 e. The van der Waals surface area contributed by atoms with Gasteiger partial charge in [0.15, 0.2) is 5.76 Å². The Labute approximate surface area is 153 Å². The fourth-order valence-electron chi connectivity index (χ4n) is 3.76. The molecule has 0 radical (unpaired) electrons. The summed E-state index contributed by atoms with van der Waals surface area (Å²) in [6, 6.07) is 13.7. The van der Waals surface area contributed by atoms with Gasteiger partial charge >= 0.3 is 0 Å². The monoisotopic (exact) mass is 349 g/mol. The van der Waals surface area contributed by atoms with Crippen molar-refractivity contribution in [2.45, 2.75) is 25.8 Å². The number of fused-ring (bicyclic) bond motifs is 1. The van der Waals surface area contributed by atoms with E-state index in [1.807, 2.05) is 42.5 Å². The summed E-state index contributed by atoms with van der Waals surface area (Å²) >= 11 is 0. The summed E-state index contributed by atoms with van der Waals surface area (Å²) in [4.78, 5) is 20.0. The molecule has 4 rings (SSSR count). The lowest BCUT2D eigenvalue weighted by Crippen LogP contribution is -2.40. The highest BCUT2D eigenvalue weighted by Gasteiger charge is 2.24. The maximum Gasteiger partial charge on any atom is 0.252 e. The minimum absolute atomic E-state index is 0.0561. The van der Waals surface area contributed by atoms with Crippen molar-refractivity contribution in [3.63, 3.8) is 0 Å². The molecule has 2 aromatic heterocycles. The van der Waals surface area contributed by atoms with Crippen LogP contribution in [0.5, 0.6) is 0 Å². The Hall–Kier alpha value is -2.66. The Morgan fingerprint density at radius 3 is 3.00 bits per heavy atom. The molecular formula is C21H23N3O2. The third kappa shape index (κ3) is 3.22. The number of rotatable bonds is 5. The van der Waals surface area contributed by atoms with E-state index in [4.69, 9.17) is 4.42 Å². The highest BCUT2D eigenvalue weighted by molar-refractivity contribution is 6.07. The van der Waals surface area contributed by atoms with E-state index in [1.54, 1.807) is 6.26 Å². The average molecular weight is 349 g/mol. The van der Waals surface area contributed by atoms with Crippen LogP contribution in [-0.2, 0) is 0 Å². The number of nitrogens with zero attached hydrogens (tertiary/aromatic N) is 2. The van der Waals surface area contributed by atoms with Crippen LogP contribution in [0.3, 0.4) is 0 Å². The molecule has 3 heterocycles. The molecule has 0 saturated carbocycles. The van der Waals surface area contributed by atoms with Crippen LogP contribution in [-0.4, -0.2) is 41.5 Å². The van der Waals surface area contributed by atoms with Crippen LogP contribution in [0.4, 0.5) is 0 Å². The zero-order valence-corrected chi connectivity index (χ0v) is 14.9. The second-order valence-electron chi connectivity index (χ2n) is 6.68. The Balaban J connectivity index is 1.63. The van der Waals surface area contributed by atoms with E-state index in [0.29, 0.717) is 29.6 Å². The molecule has 1 amide bonds. The van der Waals surface area contributed by atoms with Gasteiger partial charge in [-0.2, -0.15) is 0 Å². The topological polar surface area (TPSA) is 58.4 Å². The highest BCUT2D eigenvalue weighted by Crippen LogP contribution is 2.25. The molecule has 1 aromatic carbocycles. The summed E-state index contributed by atoms with van der Waals surface area (Å²) in [5, 5.41) is 3.99. The molecule has 3 aromatic rings. The lowest BCUT2D eigenvalue weighted by molar-refractivity contribution is 0.0943. The molecule has 1 atom stereocenters. The number of likely N-dealkylation sites (tertiary alicyclic amines) is 1. The summed E-state index contributed by atoms with van der Waals surface area (Å²) in [7, 11) is 0. The molecular weight excluding hydrogens is 326 g/mol. The number of para-hydroxylation sites is 1. The smallest absolute Gasteiger partial charge is 0.252 e. The molecule has 0 spiro atoms. The molecule has 5 heteroatoms. The van der Waals surface area contributed by atoms with Gasteiger partial charge in [-0.1, -0.05) is 25.1 Å². The third-order valence-corrected chi connectivity index (χ3v) is 5.14. The first kappa shape index (κ1) is 16.8. The first-order valence-electron chi connectivity index (χ1n) is 9.22. The number of likely N-dealkylation sites (N-methyl/N-ethyl adjacent to an activating group) is 1. The predicted molar refractivity (Wildman–Crippen MR) is 102 cm³/mol. The summed E-state index contributed by atoms with van der Waals surface area (Å²) < 4.78 is 5.47. The fourth-order valence-corrected chi connectivity index (χ4v) is 3.76. The first-order valence-corrected chi connectivity index (χ1v) is 9.22. The lowest BCUT2D eigenvalue weighted by atomic mass is 10.1. The van der Waals surface area contributed by atoms with Gasteiger partial charge in [0.1, 0.15) is 5.69 Å². The number of hydrogen-bond acceptors (Lipinski definition) is 4. The van der Waals surface area contributed by atoms with Gasteiger partial charge in [-0.05, 0) is 50.2 Å². The van der Waals surface area contributed by atoms with Gasteiger partial charge in [-0.15, -0.1) is 0 Å². The van der Waals surface area contributed by atoms with Crippen LogP contribution in [0, 0.1) is 0 Å². The van der Waals surface area contributed by atoms with Crippen LogP contribution in [0.25, 0.3) is 22.4 Å². The first-order chi connectivity index (χ1) is 12.8. The Kier molecular flexibility index (Phi) is 4.71. The van der Waals surface area contributed by atoms with Crippen molar-refractivity contribution in [2.24, 2.45) is 0 Å². The summed E-state index contributed by atoms with van der Waals surface area (Å²) in [6.45, 7) is 5.00. The third-order valence-electron chi connectivity index (χ3n) is 5.14. The molecule has 1 aliphatic heterocycles. The van der Waals surface area contributed by atoms with Crippen LogP contribution in [0.2, 0.25) is 0 Å². The van der Waals surface area contributed by atoms with Crippen LogP contribution in [0.1, 0.15) is 30.1 Å². The Bertz CT molecular complexity index is 905. The Morgan fingerprint density at radius 2 is 2.19 bits per heavy atom. The number of carbonyl (C=O) groups excluding carboxylic acids is 1. The summed E-state index contributed by atoms with van der Waals surface area (Å²) in [5.41, 5.74) is 2.11. The summed E-state index contributed by atoms with van der Waals surface area (Å²) in [6.07, 6.45) is 3.96. The number of carbonyl (C=O) groups is 1. The van der Waals surface area contributed by atoms with Crippen molar-refractivity contribution < 1.29 is 9.21 Å². The van der Waals surface area contributed by atoms with E-state index in [-0.39, 0.29) is 5.91 Å². The molecule has 5 nitrogen and oxygen atoms in total. The zero-order chi connectivity index (χ0) is 17.9. The molecule has 0 bridgehead atoms. The van der Waals surface area contributed by atoms with Crippen LogP contribution >= 0.6 is 0 Å². The standard InChI is InChI=1S/C21H23N3O2/c1-2-24-11-5-7-15(24)14-22-21(25)17-13-19(20-10-6-12-26-20)23-18-9-4-3-8-16(17)18/h3-4,6,8-10,12-13,15H,2,5,7,11,14H2,1H3,(H,22,25)/t15-/m1/s1. The van der Waals surface area contributed by atoms with Gasteiger partial charge in [-0.3, -0.25) is 9.69 Å². The van der Waals surface area contributed by atoms with Crippen molar-refractivity contribution in [1.29, 1.82) is 0 Å². The molecule has 1 fully saturated rings. The second kappa shape index (κ2) is 7.30.